The highest BCUT2D eigenvalue weighted by molar-refractivity contribution is 5.91. The van der Waals surface area contributed by atoms with E-state index in [0.717, 1.165) is 38.1 Å². The molecule has 1 aliphatic heterocycles. The van der Waals surface area contributed by atoms with Gasteiger partial charge in [-0.1, -0.05) is 12.1 Å². The third-order valence-electron chi connectivity index (χ3n) is 3.76. The summed E-state index contributed by atoms with van der Waals surface area (Å²) in [6.45, 7) is 2.35. The smallest absolute Gasteiger partial charge is 0.246 e. The van der Waals surface area contributed by atoms with Crippen LogP contribution in [-0.4, -0.2) is 37.6 Å². The zero-order valence-corrected chi connectivity index (χ0v) is 12.3. The molecule has 1 amide bonds. The van der Waals surface area contributed by atoms with E-state index in [1.807, 2.05) is 17.0 Å². The van der Waals surface area contributed by atoms with Gasteiger partial charge in [0.1, 0.15) is 0 Å². The first-order chi connectivity index (χ1) is 10.2. The Kier molecular flexibility index (Phi) is 5.53. The van der Waals surface area contributed by atoms with Crippen LogP contribution in [0, 0.1) is 17.2 Å². The lowest BCUT2D eigenvalue weighted by atomic mass is 9.98. The number of methoxy groups -OCH3 is 1. The maximum atomic E-state index is 12.1. The van der Waals surface area contributed by atoms with Crippen LogP contribution in [0.4, 0.5) is 0 Å². The van der Waals surface area contributed by atoms with Crippen LogP contribution in [-0.2, 0) is 9.53 Å². The first kappa shape index (κ1) is 15.3. The molecule has 21 heavy (non-hydrogen) atoms. The van der Waals surface area contributed by atoms with Gasteiger partial charge in [-0.05, 0) is 42.5 Å². The fourth-order valence-corrected chi connectivity index (χ4v) is 2.54. The van der Waals surface area contributed by atoms with Crippen molar-refractivity contribution in [2.45, 2.75) is 12.8 Å². The van der Waals surface area contributed by atoms with Gasteiger partial charge in [0.2, 0.25) is 5.91 Å². The number of benzene rings is 1. The predicted octanol–water partition coefficient (Wildman–Crippen LogP) is 2.46. The van der Waals surface area contributed by atoms with Crippen molar-refractivity contribution in [3.05, 3.63) is 41.5 Å². The SMILES string of the molecule is COCC1CCN(C(=O)/C=C/c2cccc(C#N)c2)CC1. The molecule has 1 fully saturated rings. The van der Waals surface area contributed by atoms with Crippen molar-refractivity contribution >= 4 is 12.0 Å². The van der Waals surface area contributed by atoms with Gasteiger partial charge in [0.25, 0.3) is 0 Å². The summed E-state index contributed by atoms with van der Waals surface area (Å²) in [6.07, 6.45) is 5.35. The van der Waals surface area contributed by atoms with E-state index in [1.165, 1.54) is 0 Å². The number of rotatable bonds is 4. The van der Waals surface area contributed by atoms with Crippen molar-refractivity contribution in [3.8, 4) is 6.07 Å². The third kappa shape index (κ3) is 4.44. The zero-order chi connectivity index (χ0) is 15.1. The molecule has 0 bridgehead atoms. The summed E-state index contributed by atoms with van der Waals surface area (Å²) in [5, 5.41) is 8.85. The first-order valence-electron chi connectivity index (χ1n) is 7.19. The normalized spacial score (nSPS) is 16.1. The molecule has 0 unspecified atom stereocenters. The van der Waals surface area contributed by atoms with E-state index in [9.17, 15) is 4.79 Å². The number of carbonyl (C=O) groups is 1. The molecule has 0 atom stereocenters. The molecule has 0 aromatic heterocycles. The van der Waals surface area contributed by atoms with Crippen molar-refractivity contribution in [2.75, 3.05) is 26.8 Å². The van der Waals surface area contributed by atoms with Gasteiger partial charge in [-0.15, -0.1) is 0 Å². The standard InChI is InChI=1S/C17H20N2O2/c1-21-13-15-7-9-19(10-8-15)17(20)6-5-14-3-2-4-16(11-14)12-18/h2-6,11,15H,7-10,13H2,1H3/b6-5+. The molecule has 110 valence electrons. The van der Waals surface area contributed by atoms with Gasteiger partial charge >= 0.3 is 0 Å². The highest BCUT2D eigenvalue weighted by Gasteiger charge is 2.21. The Morgan fingerprint density at radius 2 is 2.24 bits per heavy atom. The van der Waals surface area contributed by atoms with Crippen molar-refractivity contribution in [1.29, 1.82) is 5.26 Å². The number of carbonyl (C=O) groups excluding carboxylic acids is 1. The maximum absolute atomic E-state index is 12.1. The van der Waals surface area contributed by atoms with Crippen molar-refractivity contribution in [3.63, 3.8) is 0 Å². The molecule has 1 heterocycles. The summed E-state index contributed by atoms with van der Waals surface area (Å²) in [7, 11) is 1.72. The average molecular weight is 284 g/mol. The number of ether oxygens (including phenoxy) is 1. The van der Waals surface area contributed by atoms with Crippen LogP contribution in [0.25, 0.3) is 6.08 Å². The van der Waals surface area contributed by atoms with Crippen LogP contribution in [0.3, 0.4) is 0 Å². The van der Waals surface area contributed by atoms with Gasteiger partial charge < -0.3 is 9.64 Å². The van der Waals surface area contributed by atoms with Crippen LogP contribution in [0.15, 0.2) is 30.3 Å². The van der Waals surface area contributed by atoms with Gasteiger partial charge in [-0.3, -0.25) is 4.79 Å². The van der Waals surface area contributed by atoms with E-state index >= 15 is 0 Å². The molecular formula is C17H20N2O2. The van der Waals surface area contributed by atoms with Crippen LogP contribution < -0.4 is 0 Å². The van der Waals surface area contributed by atoms with Crippen LogP contribution in [0.5, 0.6) is 0 Å². The molecule has 4 nitrogen and oxygen atoms in total. The second-order valence-corrected chi connectivity index (χ2v) is 5.29. The zero-order valence-electron chi connectivity index (χ0n) is 12.3. The summed E-state index contributed by atoms with van der Waals surface area (Å²) in [5.41, 5.74) is 1.47. The van der Waals surface area contributed by atoms with Crippen molar-refractivity contribution < 1.29 is 9.53 Å². The molecule has 0 saturated carbocycles. The second kappa shape index (κ2) is 7.61. The number of likely N-dealkylation sites (tertiary alicyclic amines) is 1. The predicted molar refractivity (Wildman–Crippen MR) is 81.4 cm³/mol. The van der Waals surface area contributed by atoms with Crippen LogP contribution in [0.1, 0.15) is 24.0 Å². The number of hydrogen-bond donors (Lipinski definition) is 0. The molecule has 0 radical (unpaired) electrons. The van der Waals surface area contributed by atoms with E-state index in [1.54, 1.807) is 31.4 Å². The van der Waals surface area contributed by atoms with Gasteiger partial charge in [-0.2, -0.15) is 5.26 Å². The van der Waals surface area contributed by atoms with Gasteiger partial charge in [-0.25, -0.2) is 0 Å². The van der Waals surface area contributed by atoms with E-state index in [-0.39, 0.29) is 5.91 Å². The molecule has 1 aromatic rings. The summed E-state index contributed by atoms with van der Waals surface area (Å²) < 4.78 is 5.16. The van der Waals surface area contributed by atoms with E-state index in [4.69, 9.17) is 10.00 Å². The fraction of sp³-hybridized carbons (Fsp3) is 0.412. The van der Waals surface area contributed by atoms with E-state index < -0.39 is 0 Å². The Morgan fingerprint density at radius 1 is 1.48 bits per heavy atom. The molecule has 0 N–H and O–H groups in total. The number of amides is 1. The molecular weight excluding hydrogens is 264 g/mol. The van der Waals surface area contributed by atoms with Gasteiger partial charge in [0.15, 0.2) is 0 Å². The minimum Gasteiger partial charge on any atom is -0.384 e. The minimum atomic E-state index is 0.0354. The largest absolute Gasteiger partial charge is 0.384 e. The Morgan fingerprint density at radius 3 is 2.90 bits per heavy atom. The van der Waals surface area contributed by atoms with Crippen molar-refractivity contribution in [1.82, 2.24) is 4.90 Å². The molecule has 0 spiro atoms. The summed E-state index contributed by atoms with van der Waals surface area (Å²) in [6, 6.07) is 9.32. The molecule has 1 saturated heterocycles. The maximum Gasteiger partial charge on any atom is 0.246 e. The average Bonchev–Trinajstić information content (AvgIpc) is 2.54. The summed E-state index contributed by atoms with van der Waals surface area (Å²) >= 11 is 0. The molecule has 1 aromatic carbocycles. The fourth-order valence-electron chi connectivity index (χ4n) is 2.54. The van der Waals surface area contributed by atoms with Crippen molar-refractivity contribution in [2.24, 2.45) is 5.92 Å². The topological polar surface area (TPSA) is 53.3 Å². The lowest BCUT2D eigenvalue weighted by molar-refractivity contribution is -0.127. The Hall–Kier alpha value is -2.12. The van der Waals surface area contributed by atoms with Crippen LogP contribution in [0.2, 0.25) is 0 Å². The van der Waals surface area contributed by atoms with Gasteiger partial charge in [0, 0.05) is 32.9 Å². The lowest BCUT2D eigenvalue weighted by Gasteiger charge is -2.30. The van der Waals surface area contributed by atoms with E-state index in [0.29, 0.717) is 11.5 Å². The van der Waals surface area contributed by atoms with E-state index in [2.05, 4.69) is 6.07 Å². The quantitative estimate of drug-likeness (QED) is 0.798. The summed E-state index contributed by atoms with van der Waals surface area (Å²) in [5.74, 6) is 0.601. The van der Waals surface area contributed by atoms with Crippen LogP contribution >= 0.6 is 0 Å². The molecule has 1 aliphatic rings. The Bertz CT molecular complexity index is 552. The second-order valence-electron chi connectivity index (χ2n) is 5.29. The monoisotopic (exact) mass is 284 g/mol. The highest BCUT2D eigenvalue weighted by atomic mass is 16.5. The molecule has 4 heteroatoms. The molecule has 0 aliphatic carbocycles. The first-order valence-corrected chi connectivity index (χ1v) is 7.19. The third-order valence-corrected chi connectivity index (χ3v) is 3.76. The highest BCUT2D eigenvalue weighted by Crippen LogP contribution is 2.17. The lowest BCUT2D eigenvalue weighted by Crippen LogP contribution is -2.38. The Labute approximate surface area is 125 Å². The summed E-state index contributed by atoms with van der Waals surface area (Å²) in [4.78, 5) is 14.0. The number of piperidine rings is 1. The molecule has 2 rings (SSSR count). The number of hydrogen-bond acceptors (Lipinski definition) is 3. The Balaban J connectivity index is 1.90. The number of nitrogens with zero attached hydrogens (tertiary/aromatic N) is 2. The minimum absolute atomic E-state index is 0.0354. The van der Waals surface area contributed by atoms with Gasteiger partial charge in [0.05, 0.1) is 11.6 Å². The number of nitriles is 1.